The summed E-state index contributed by atoms with van der Waals surface area (Å²) in [6.45, 7) is 0. The number of halogens is 2. The lowest BCUT2D eigenvalue weighted by Crippen LogP contribution is -2.14. The highest BCUT2D eigenvalue weighted by molar-refractivity contribution is 7.89. The number of nitrogens with one attached hydrogen (secondary N) is 1. The fourth-order valence-corrected chi connectivity index (χ4v) is 2.33. The summed E-state index contributed by atoms with van der Waals surface area (Å²) in [7, 11) is -4.03. The minimum absolute atomic E-state index is 0.0904. The molecule has 1 radical (unpaired) electrons. The van der Waals surface area contributed by atoms with Crippen LogP contribution in [0.3, 0.4) is 0 Å². The van der Waals surface area contributed by atoms with Gasteiger partial charge < -0.3 is 0 Å². The highest BCUT2D eigenvalue weighted by atomic mass is 35.5. The Kier molecular flexibility index (Phi) is 3.25. The number of hydrogen-bond donors (Lipinski definition) is 1. The molecule has 0 unspecified atom stereocenters. The number of carbonyl (C=O) groups excluding carboxylic acids is 1. The van der Waals surface area contributed by atoms with Gasteiger partial charge in [-0.25, -0.2) is 13.6 Å². The summed E-state index contributed by atoms with van der Waals surface area (Å²) in [6, 6.07) is 1.94. The number of carbonyl (C=O) groups is 1. The van der Waals surface area contributed by atoms with E-state index in [1.807, 2.05) is 0 Å². The lowest BCUT2D eigenvalue weighted by molar-refractivity contribution is 0.0992. The lowest BCUT2D eigenvalue weighted by atomic mass is 10.2. The second-order valence-corrected chi connectivity index (χ2v) is 4.98. The van der Waals surface area contributed by atoms with Crippen LogP contribution in [0.1, 0.15) is 10.4 Å². The van der Waals surface area contributed by atoms with Crippen molar-refractivity contribution in [3.8, 4) is 0 Å². The maximum Gasteiger partial charge on any atom is 0.271 e. The average molecular weight is 268 g/mol. The predicted molar refractivity (Wildman–Crippen MR) is 55.3 cm³/mol. The van der Waals surface area contributed by atoms with E-state index in [0.29, 0.717) is 0 Å². The molecule has 0 aliphatic carbocycles. The molecule has 1 aromatic rings. The molecule has 0 aliphatic heterocycles. The summed E-state index contributed by atoms with van der Waals surface area (Å²) in [6.07, 6.45) is 0. The third kappa shape index (κ3) is 2.60. The van der Waals surface area contributed by atoms with E-state index < -0.39 is 20.8 Å². The number of nitrogens with two attached hydrogens (primary N) is 1. The monoisotopic (exact) mass is 267 g/mol. The van der Waals surface area contributed by atoms with Gasteiger partial charge in [-0.15, -0.1) is 0 Å². The first-order valence-corrected chi connectivity index (χ1v) is 5.81. The van der Waals surface area contributed by atoms with Crippen molar-refractivity contribution in [1.29, 1.82) is 0 Å². The Labute approximate surface area is 96.0 Å². The number of primary sulfonamides is 1. The van der Waals surface area contributed by atoms with E-state index in [0.717, 1.165) is 12.1 Å². The van der Waals surface area contributed by atoms with Crippen LogP contribution in [0.4, 0.5) is 0 Å². The van der Waals surface area contributed by atoms with Gasteiger partial charge in [0.15, 0.2) is 0 Å². The second-order valence-electron chi connectivity index (χ2n) is 2.64. The molecule has 0 heterocycles. The van der Waals surface area contributed by atoms with E-state index >= 15 is 0 Å². The summed E-state index contributed by atoms with van der Waals surface area (Å²) < 4.78 is 22.0. The van der Waals surface area contributed by atoms with Gasteiger partial charge in [0.2, 0.25) is 10.0 Å². The summed E-state index contributed by atoms with van der Waals surface area (Å²) in [5.41, 5.74) is 6.57. The van der Waals surface area contributed by atoms with E-state index in [4.69, 9.17) is 34.1 Å². The molecule has 15 heavy (non-hydrogen) atoms. The maximum absolute atomic E-state index is 11.0. The number of sulfonamides is 1. The van der Waals surface area contributed by atoms with Gasteiger partial charge in [-0.3, -0.25) is 10.5 Å². The zero-order chi connectivity index (χ0) is 11.8. The summed E-state index contributed by atoms with van der Waals surface area (Å²) in [5, 5.41) is 4.57. The van der Waals surface area contributed by atoms with Gasteiger partial charge in [0.05, 0.1) is 15.6 Å². The van der Waals surface area contributed by atoms with Crippen molar-refractivity contribution in [3.05, 3.63) is 27.7 Å². The van der Waals surface area contributed by atoms with E-state index in [1.54, 1.807) is 0 Å². The summed E-state index contributed by atoms with van der Waals surface area (Å²) in [5.74, 6) is -1.11. The molecule has 5 nitrogen and oxygen atoms in total. The number of benzene rings is 1. The molecule has 0 aromatic heterocycles. The molecule has 3 N–H and O–H groups in total. The SMILES string of the molecule is [NH]C(=O)c1cc(S(N)(=O)=O)c(Cl)cc1Cl. The minimum Gasteiger partial charge on any atom is -0.267 e. The van der Waals surface area contributed by atoms with Crippen LogP contribution in [0.5, 0.6) is 0 Å². The molecule has 81 valence electrons. The molecule has 0 aliphatic rings. The normalized spacial score (nSPS) is 11.4. The largest absolute Gasteiger partial charge is 0.271 e. The van der Waals surface area contributed by atoms with E-state index in [2.05, 4.69) is 0 Å². The van der Waals surface area contributed by atoms with Gasteiger partial charge in [-0.2, -0.15) is 0 Å². The highest BCUT2D eigenvalue weighted by Gasteiger charge is 2.18. The second kappa shape index (κ2) is 3.97. The van der Waals surface area contributed by atoms with Crippen molar-refractivity contribution in [2.75, 3.05) is 0 Å². The van der Waals surface area contributed by atoms with Gasteiger partial charge in [0, 0.05) is 0 Å². The van der Waals surface area contributed by atoms with E-state index in [1.165, 1.54) is 0 Å². The molecular formula is C7H5Cl2N2O3S. The Morgan fingerprint density at radius 1 is 1.27 bits per heavy atom. The van der Waals surface area contributed by atoms with Crippen molar-refractivity contribution in [3.63, 3.8) is 0 Å². The number of hydrogen-bond acceptors (Lipinski definition) is 3. The first-order chi connectivity index (χ1) is 6.73. The Morgan fingerprint density at radius 3 is 2.20 bits per heavy atom. The topological polar surface area (TPSA) is 101 Å². The van der Waals surface area contributed by atoms with Crippen molar-refractivity contribution in [1.82, 2.24) is 5.73 Å². The van der Waals surface area contributed by atoms with Crippen LogP contribution in [-0.4, -0.2) is 14.3 Å². The molecule has 0 spiro atoms. The summed E-state index contributed by atoms with van der Waals surface area (Å²) in [4.78, 5) is 10.3. The third-order valence-corrected chi connectivity index (χ3v) is 3.26. The van der Waals surface area contributed by atoms with Gasteiger partial charge in [0.25, 0.3) is 5.91 Å². The maximum atomic E-state index is 11.0. The predicted octanol–water partition coefficient (Wildman–Crippen LogP) is 1.06. The van der Waals surface area contributed by atoms with Crippen LogP contribution in [0.15, 0.2) is 17.0 Å². The van der Waals surface area contributed by atoms with Crippen molar-refractivity contribution < 1.29 is 13.2 Å². The van der Waals surface area contributed by atoms with Crippen LogP contribution in [0.2, 0.25) is 10.0 Å². The molecule has 1 amide bonds. The van der Waals surface area contributed by atoms with Gasteiger partial charge in [-0.05, 0) is 12.1 Å². The average Bonchev–Trinajstić information content (AvgIpc) is 2.00. The van der Waals surface area contributed by atoms with Crippen LogP contribution in [0, 0.1) is 0 Å². The molecule has 0 fully saturated rings. The standard InChI is InChI=1S/C7H5Cl2N2O3S/c8-4-2-5(9)6(15(11,13)14)1-3(4)7(10)12/h1-2,10H,(H2,11,13,14). The van der Waals surface area contributed by atoms with Gasteiger partial charge >= 0.3 is 0 Å². The Morgan fingerprint density at radius 2 is 1.80 bits per heavy atom. The molecule has 1 aromatic carbocycles. The molecule has 0 saturated carbocycles. The van der Waals surface area contributed by atoms with E-state index in [9.17, 15) is 13.2 Å². The summed E-state index contributed by atoms with van der Waals surface area (Å²) >= 11 is 11.2. The zero-order valence-corrected chi connectivity index (χ0v) is 9.45. The Balaban J connectivity index is 3.58. The fourth-order valence-electron chi connectivity index (χ4n) is 0.921. The van der Waals surface area contributed by atoms with Crippen molar-refractivity contribution in [2.45, 2.75) is 4.90 Å². The molecule has 0 atom stereocenters. The molecular weight excluding hydrogens is 263 g/mol. The van der Waals surface area contributed by atoms with Crippen LogP contribution in [-0.2, 0) is 10.0 Å². The number of amides is 1. The van der Waals surface area contributed by atoms with Crippen LogP contribution < -0.4 is 10.9 Å². The first-order valence-electron chi connectivity index (χ1n) is 3.51. The Hall–Kier alpha value is -0.820. The Bertz CT molecular complexity index is 527. The van der Waals surface area contributed by atoms with Crippen LogP contribution >= 0.6 is 23.2 Å². The third-order valence-electron chi connectivity index (χ3n) is 1.57. The highest BCUT2D eigenvalue weighted by Crippen LogP contribution is 2.27. The van der Waals surface area contributed by atoms with Crippen LogP contribution in [0.25, 0.3) is 0 Å². The smallest absolute Gasteiger partial charge is 0.267 e. The molecule has 0 saturated heterocycles. The van der Waals surface area contributed by atoms with E-state index in [-0.39, 0.29) is 15.6 Å². The first kappa shape index (κ1) is 12.3. The van der Waals surface area contributed by atoms with Gasteiger partial charge in [-0.1, -0.05) is 23.2 Å². The van der Waals surface area contributed by atoms with Crippen molar-refractivity contribution in [2.24, 2.45) is 5.14 Å². The fraction of sp³-hybridized carbons (Fsp3) is 0. The molecule has 1 rings (SSSR count). The molecule has 8 heteroatoms. The van der Waals surface area contributed by atoms with Crippen molar-refractivity contribution >= 4 is 39.1 Å². The zero-order valence-electron chi connectivity index (χ0n) is 7.12. The lowest BCUT2D eigenvalue weighted by Gasteiger charge is -2.05. The quantitative estimate of drug-likeness (QED) is 0.867. The molecule has 0 bridgehead atoms. The van der Waals surface area contributed by atoms with Gasteiger partial charge in [0.1, 0.15) is 4.90 Å². The number of rotatable bonds is 2. The minimum atomic E-state index is -4.03.